The molecule has 160 valence electrons. The number of benzene rings is 1. The minimum Gasteiger partial charge on any atom is -0.345 e. The Morgan fingerprint density at radius 1 is 1.29 bits per heavy atom. The van der Waals surface area contributed by atoms with Gasteiger partial charge in [0.1, 0.15) is 11.7 Å². The highest BCUT2D eigenvalue weighted by atomic mass is 16.5. The van der Waals surface area contributed by atoms with Crippen LogP contribution >= 0.6 is 0 Å². The number of aromatic nitrogens is 2. The van der Waals surface area contributed by atoms with Crippen LogP contribution in [0.1, 0.15) is 31.5 Å². The van der Waals surface area contributed by atoms with Crippen LogP contribution in [0.15, 0.2) is 55.1 Å². The number of carbonyl (C=O) groups excluding carboxylic acids is 3. The van der Waals surface area contributed by atoms with Crippen LogP contribution in [-0.4, -0.2) is 38.9 Å². The van der Waals surface area contributed by atoms with Crippen LogP contribution in [0.4, 0.5) is 5.69 Å². The van der Waals surface area contributed by atoms with Crippen LogP contribution in [0.2, 0.25) is 0 Å². The van der Waals surface area contributed by atoms with E-state index in [1.54, 1.807) is 30.3 Å². The Labute approximate surface area is 178 Å². The number of nitrogens with zero attached hydrogens (tertiary/aromatic N) is 2. The van der Waals surface area contributed by atoms with E-state index in [0.717, 1.165) is 0 Å². The second kappa shape index (κ2) is 7.21. The van der Waals surface area contributed by atoms with E-state index in [-0.39, 0.29) is 12.1 Å². The first-order valence-electron chi connectivity index (χ1n) is 9.79. The second-order valence-electron chi connectivity index (χ2n) is 8.25. The van der Waals surface area contributed by atoms with Gasteiger partial charge in [-0.2, -0.15) is 5.06 Å². The van der Waals surface area contributed by atoms with Crippen LogP contribution in [0.25, 0.3) is 6.08 Å². The van der Waals surface area contributed by atoms with Crippen LogP contribution in [0.5, 0.6) is 0 Å². The van der Waals surface area contributed by atoms with E-state index in [2.05, 4.69) is 27.2 Å². The molecule has 0 aliphatic carbocycles. The van der Waals surface area contributed by atoms with Gasteiger partial charge in [-0.3, -0.25) is 19.6 Å². The number of imidazole rings is 1. The lowest BCUT2D eigenvalue weighted by molar-refractivity contribution is -0.136. The number of hydroxylamine groups is 1. The average molecular weight is 421 g/mol. The van der Waals surface area contributed by atoms with Crippen molar-refractivity contribution in [3.63, 3.8) is 0 Å². The minimum atomic E-state index is -1.31. The molecule has 2 aliphatic rings. The third kappa shape index (κ3) is 3.05. The summed E-state index contributed by atoms with van der Waals surface area (Å²) in [7, 11) is 0. The number of piperazine rings is 1. The van der Waals surface area contributed by atoms with Crippen molar-refractivity contribution in [2.24, 2.45) is 5.41 Å². The number of rotatable bonds is 5. The first-order chi connectivity index (χ1) is 14.7. The van der Waals surface area contributed by atoms with E-state index in [1.165, 1.54) is 18.6 Å². The normalized spacial score (nSPS) is 24.7. The molecule has 0 radical (unpaired) electrons. The maximum Gasteiger partial charge on any atom is 0.268 e. The predicted octanol–water partition coefficient (Wildman–Crippen LogP) is 1.64. The number of hydrogen-bond acceptors (Lipinski definition) is 5. The SMILES string of the molecule is C=CC(C)(C)C1(CC2NC(=O)C(=Cc3cnc[nH]3)NC2=O)C(=O)N(O)c2ccccc21. The molecule has 9 heteroatoms. The van der Waals surface area contributed by atoms with Crippen LogP contribution in [0, 0.1) is 5.41 Å². The molecule has 2 atom stereocenters. The Kier molecular flexibility index (Phi) is 4.78. The van der Waals surface area contributed by atoms with Crippen molar-refractivity contribution in [1.82, 2.24) is 20.6 Å². The molecule has 2 aliphatic heterocycles. The summed E-state index contributed by atoms with van der Waals surface area (Å²) in [6, 6.07) is 5.88. The van der Waals surface area contributed by atoms with Gasteiger partial charge in [0.05, 0.1) is 29.3 Å². The number of carbonyl (C=O) groups is 3. The standard InChI is InChI=1S/C22H23N5O4/c1-4-21(2,3)22(14-7-5-6-8-17(14)27(31)20(22)30)10-16-19(29)25-15(18(28)26-16)9-13-11-23-12-24-13/h4-9,11-12,16,31H,1,10H2,2-3H3,(H,23,24)(H,25,29)(H,26,28). The molecule has 3 amide bonds. The number of hydrogen-bond donors (Lipinski definition) is 4. The van der Waals surface area contributed by atoms with Gasteiger partial charge in [0, 0.05) is 5.41 Å². The molecule has 1 aromatic heterocycles. The summed E-state index contributed by atoms with van der Waals surface area (Å²) in [4.78, 5) is 45.7. The summed E-state index contributed by atoms with van der Waals surface area (Å²) in [5.41, 5.74) is -0.583. The summed E-state index contributed by atoms with van der Waals surface area (Å²) >= 11 is 0. The molecule has 0 spiro atoms. The fourth-order valence-corrected chi connectivity index (χ4v) is 4.31. The molecule has 1 aromatic carbocycles. The highest BCUT2D eigenvalue weighted by Crippen LogP contribution is 2.54. The Balaban J connectivity index is 1.72. The van der Waals surface area contributed by atoms with Crippen molar-refractivity contribution >= 4 is 29.5 Å². The smallest absolute Gasteiger partial charge is 0.268 e. The molecular formula is C22H23N5O4. The maximum atomic E-state index is 13.4. The molecule has 0 saturated carbocycles. The van der Waals surface area contributed by atoms with Gasteiger partial charge in [0.15, 0.2) is 0 Å². The van der Waals surface area contributed by atoms with Crippen molar-refractivity contribution in [3.8, 4) is 0 Å². The van der Waals surface area contributed by atoms with E-state index in [0.29, 0.717) is 22.0 Å². The summed E-state index contributed by atoms with van der Waals surface area (Å²) < 4.78 is 0. The number of anilines is 1. The van der Waals surface area contributed by atoms with E-state index >= 15 is 0 Å². The molecule has 0 bridgehead atoms. The van der Waals surface area contributed by atoms with Gasteiger partial charge < -0.3 is 15.6 Å². The van der Waals surface area contributed by atoms with Crippen molar-refractivity contribution in [2.75, 3.05) is 5.06 Å². The Morgan fingerprint density at radius 2 is 2.03 bits per heavy atom. The number of H-pyrrole nitrogens is 1. The fraction of sp³-hybridized carbons (Fsp3) is 0.273. The van der Waals surface area contributed by atoms with Crippen molar-refractivity contribution in [3.05, 3.63) is 66.4 Å². The summed E-state index contributed by atoms with van der Waals surface area (Å²) in [5, 5.41) is 16.5. The lowest BCUT2D eigenvalue weighted by atomic mass is 9.59. The molecule has 4 rings (SSSR count). The predicted molar refractivity (Wildman–Crippen MR) is 113 cm³/mol. The van der Waals surface area contributed by atoms with Gasteiger partial charge >= 0.3 is 0 Å². The highest BCUT2D eigenvalue weighted by Gasteiger charge is 2.60. The first-order valence-corrected chi connectivity index (χ1v) is 9.79. The summed E-state index contributed by atoms with van der Waals surface area (Å²) in [6.07, 6.45) is 6.04. The molecule has 9 nitrogen and oxygen atoms in total. The van der Waals surface area contributed by atoms with Crippen LogP contribution < -0.4 is 15.7 Å². The molecule has 2 unspecified atom stereocenters. The number of amides is 3. The Morgan fingerprint density at radius 3 is 2.71 bits per heavy atom. The van der Waals surface area contributed by atoms with Gasteiger partial charge in [-0.15, -0.1) is 6.58 Å². The highest BCUT2D eigenvalue weighted by molar-refractivity contribution is 6.10. The molecule has 3 heterocycles. The number of fused-ring (bicyclic) bond motifs is 1. The van der Waals surface area contributed by atoms with Crippen LogP contribution in [-0.2, 0) is 19.8 Å². The summed E-state index contributed by atoms with van der Waals surface area (Å²) in [5.74, 6) is -1.50. The largest absolute Gasteiger partial charge is 0.345 e. The third-order valence-electron chi connectivity index (χ3n) is 6.21. The van der Waals surface area contributed by atoms with E-state index in [1.807, 2.05) is 13.8 Å². The zero-order chi connectivity index (χ0) is 22.4. The Bertz CT molecular complexity index is 1100. The minimum absolute atomic E-state index is 0.0478. The molecule has 31 heavy (non-hydrogen) atoms. The van der Waals surface area contributed by atoms with Crippen LogP contribution in [0.3, 0.4) is 0 Å². The molecule has 2 aromatic rings. The number of aromatic amines is 1. The average Bonchev–Trinajstić information content (AvgIpc) is 3.33. The fourth-order valence-electron chi connectivity index (χ4n) is 4.31. The van der Waals surface area contributed by atoms with Gasteiger partial charge in [-0.05, 0) is 24.1 Å². The van der Waals surface area contributed by atoms with Gasteiger partial charge in [-0.1, -0.05) is 38.1 Å². The van der Waals surface area contributed by atoms with Gasteiger partial charge in [-0.25, -0.2) is 4.98 Å². The third-order valence-corrected chi connectivity index (χ3v) is 6.21. The number of para-hydroxylation sites is 1. The second-order valence-corrected chi connectivity index (χ2v) is 8.25. The van der Waals surface area contributed by atoms with E-state index in [4.69, 9.17) is 0 Å². The monoisotopic (exact) mass is 421 g/mol. The molecule has 1 fully saturated rings. The van der Waals surface area contributed by atoms with Crippen molar-refractivity contribution < 1.29 is 19.6 Å². The number of nitrogens with one attached hydrogen (secondary N) is 3. The lowest BCUT2D eigenvalue weighted by Crippen LogP contribution is -2.60. The summed E-state index contributed by atoms with van der Waals surface area (Å²) in [6.45, 7) is 7.52. The zero-order valence-corrected chi connectivity index (χ0v) is 17.2. The molecular weight excluding hydrogens is 398 g/mol. The molecule has 4 N–H and O–H groups in total. The van der Waals surface area contributed by atoms with E-state index in [9.17, 15) is 19.6 Å². The van der Waals surface area contributed by atoms with Crippen molar-refractivity contribution in [1.29, 1.82) is 0 Å². The topological polar surface area (TPSA) is 127 Å². The van der Waals surface area contributed by atoms with Gasteiger partial charge in [0.2, 0.25) is 5.91 Å². The quantitative estimate of drug-likeness (QED) is 0.332. The first kappa shape index (κ1) is 20.5. The number of allylic oxidation sites excluding steroid dienone is 1. The lowest BCUT2D eigenvalue weighted by Gasteiger charge is -2.43. The zero-order valence-electron chi connectivity index (χ0n) is 17.2. The van der Waals surface area contributed by atoms with Crippen molar-refractivity contribution in [2.45, 2.75) is 31.7 Å². The Hall–Kier alpha value is -3.72. The van der Waals surface area contributed by atoms with E-state index < -0.39 is 34.6 Å². The molecule has 1 saturated heterocycles. The maximum absolute atomic E-state index is 13.4. The van der Waals surface area contributed by atoms with Gasteiger partial charge in [0.25, 0.3) is 11.8 Å².